The first-order valence-electron chi connectivity index (χ1n) is 5.58. The summed E-state index contributed by atoms with van der Waals surface area (Å²) in [6.07, 6.45) is 2.75. The Morgan fingerprint density at radius 2 is 2.10 bits per heavy atom. The highest BCUT2D eigenvalue weighted by atomic mass is 79.9. The highest BCUT2D eigenvalue weighted by Crippen LogP contribution is 2.27. The normalized spacial score (nSPS) is 11.3. The van der Waals surface area contributed by atoms with Gasteiger partial charge in [0.1, 0.15) is 6.33 Å². The number of halogens is 1. The van der Waals surface area contributed by atoms with E-state index in [1.807, 2.05) is 0 Å². The zero-order valence-electron chi connectivity index (χ0n) is 10.4. The summed E-state index contributed by atoms with van der Waals surface area (Å²) < 4.78 is 27.1. The van der Waals surface area contributed by atoms with Crippen LogP contribution in [-0.2, 0) is 16.6 Å². The summed E-state index contributed by atoms with van der Waals surface area (Å²) >= 11 is 3.10. The average molecular weight is 373 g/mol. The van der Waals surface area contributed by atoms with Gasteiger partial charge in [-0.1, -0.05) is 15.9 Å². The van der Waals surface area contributed by atoms with Crippen molar-refractivity contribution in [3.8, 4) is 0 Å². The van der Waals surface area contributed by atoms with E-state index in [0.29, 0.717) is 10.2 Å². The molecule has 2 aromatic rings. The fourth-order valence-corrected chi connectivity index (χ4v) is 3.23. The van der Waals surface area contributed by atoms with Crippen molar-refractivity contribution in [1.29, 1.82) is 0 Å². The van der Waals surface area contributed by atoms with E-state index in [2.05, 4.69) is 30.6 Å². The molecule has 0 unspecified atom stereocenters. The molecule has 21 heavy (non-hydrogen) atoms. The summed E-state index contributed by atoms with van der Waals surface area (Å²) in [7, 11) is -4.04. The summed E-state index contributed by atoms with van der Waals surface area (Å²) in [6, 6.07) is 5.25. The fourth-order valence-electron chi connectivity index (χ4n) is 1.52. The van der Waals surface area contributed by atoms with Crippen LogP contribution in [0.3, 0.4) is 0 Å². The summed E-state index contributed by atoms with van der Waals surface area (Å²) in [5.41, 5.74) is -0.0420. The zero-order valence-corrected chi connectivity index (χ0v) is 12.8. The fraction of sp³-hybridized carbons (Fsp3) is 0.0909. The lowest BCUT2D eigenvalue weighted by Gasteiger charge is -2.07. The van der Waals surface area contributed by atoms with Crippen LogP contribution in [0.1, 0.15) is 5.69 Å². The number of rotatable bonds is 5. The summed E-state index contributed by atoms with van der Waals surface area (Å²) in [5.74, 6) is 0. The number of nitro groups is 1. The van der Waals surface area contributed by atoms with Crippen LogP contribution in [0.25, 0.3) is 0 Å². The first-order valence-corrected chi connectivity index (χ1v) is 7.86. The third kappa shape index (κ3) is 3.80. The van der Waals surface area contributed by atoms with E-state index in [0.717, 1.165) is 6.07 Å². The topological polar surface area (TPSA) is 115 Å². The van der Waals surface area contributed by atoms with Gasteiger partial charge in [-0.05, 0) is 18.2 Å². The van der Waals surface area contributed by atoms with Crippen molar-refractivity contribution >= 4 is 31.6 Å². The van der Waals surface area contributed by atoms with Crippen LogP contribution in [0.2, 0.25) is 0 Å². The van der Waals surface area contributed by atoms with E-state index in [-0.39, 0.29) is 6.54 Å². The second-order valence-corrected chi connectivity index (χ2v) is 6.55. The number of aromatic nitrogens is 2. The Morgan fingerprint density at radius 3 is 2.71 bits per heavy atom. The Labute approximate surface area is 128 Å². The maximum absolute atomic E-state index is 12.2. The minimum atomic E-state index is -4.04. The third-order valence-electron chi connectivity index (χ3n) is 2.49. The molecule has 110 valence electrons. The molecular weight excluding hydrogens is 364 g/mol. The van der Waals surface area contributed by atoms with Gasteiger partial charge in [-0.25, -0.2) is 23.1 Å². The molecule has 0 radical (unpaired) electrons. The predicted octanol–water partition coefficient (Wildman–Crippen LogP) is 1.63. The van der Waals surface area contributed by atoms with Gasteiger partial charge in [0, 0.05) is 16.7 Å². The number of sulfonamides is 1. The lowest BCUT2D eigenvalue weighted by atomic mass is 10.3. The minimum absolute atomic E-state index is 0.0888. The van der Waals surface area contributed by atoms with Gasteiger partial charge < -0.3 is 0 Å². The van der Waals surface area contributed by atoms with Gasteiger partial charge in [0.2, 0.25) is 10.0 Å². The van der Waals surface area contributed by atoms with Crippen molar-refractivity contribution in [3.05, 3.63) is 57.1 Å². The van der Waals surface area contributed by atoms with Crippen molar-refractivity contribution < 1.29 is 13.3 Å². The van der Waals surface area contributed by atoms with Gasteiger partial charge in [-0.3, -0.25) is 10.1 Å². The molecule has 0 atom stereocenters. The molecule has 1 N–H and O–H groups in total. The lowest BCUT2D eigenvalue weighted by Crippen LogP contribution is -2.24. The maximum Gasteiger partial charge on any atom is 0.289 e. The molecule has 0 spiro atoms. The van der Waals surface area contributed by atoms with Gasteiger partial charge >= 0.3 is 0 Å². The van der Waals surface area contributed by atoms with Crippen molar-refractivity contribution in [1.82, 2.24) is 14.7 Å². The summed E-state index contributed by atoms with van der Waals surface area (Å²) in [6.45, 7) is -0.0888. The molecule has 0 fully saturated rings. The molecule has 1 aromatic carbocycles. The Bertz CT molecular complexity index is 767. The minimum Gasteiger partial charge on any atom is -0.258 e. The Balaban J connectivity index is 2.31. The molecule has 0 amide bonds. The van der Waals surface area contributed by atoms with E-state index >= 15 is 0 Å². The maximum atomic E-state index is 12.2. The van der Waals surface area contributed by atoms with Gasteiger partial charge in [0.25, 0.3) is 5.69 Å². The van der Waals surface area contributed by atoms with Gasteiger partial charge in [-0.2, -0.15) is 0 Å². The molecule has 0 aliphatic carbocycles. The molecule has 0 saturated carbocycles. The van der Waals surface area contributed by atoms with Crippen LogP contribution in [0.5, 0.6) is 0 Å². The molecular formula is C11H9BrN4O4S. The van der Waals surface area contributed by atoms with Crippen LogP contribution in [-0.4, -0.2) is 23.3 Å². The quantitative estimate of drug-likeness (QED) is 0.629. The highest BCUT2D eigenvalue weighted by molar-refractivity contribution is 9.10. The standard InChI is InChI=1S/C11H9BrN4O4S/c12-8-1-2-10(16(17)18)11(5-8)21(19,20)15-6-9-3-4-13-7-14-9/h1-5,7,15H,6H2. The van der Waals surface area contributed by atoms with Crippen LogP contribution >= 0.6 is 15.9 Å². The Hall–Kier alpha value is -1.91. The van der Waals surface area contributed by atoms with Crippen LogP contribution in [0.15, 0.2) is 46.2 Å². The second-order valence-electron chi connectivity index (χ2n) is 3.89. The number of hydrogen-bond donors (Lipinski definition) is 1. The summed E-state index contributed by atoms with van der Waals surface area (Å²) in [4.78, 5) is 17.4. The van der Waals surface area contributed by atoms with E-state index in [1.54, 1.807) is 0 Å². The van der Waals surface area contributed by atoms with Crippen molar-refractivity contribution in [2.75, 3.05) is 0 Å². The highest BCUT2D eigenvalue weighted by Gasteiger charge is 2.25. The molecule has 8 nitrogen and oxygen atoms in total. The van der Waals surface area contributed by atoms with E-state index in [9.17, 15) is 18.5 Å². The lowest BCUT2D eigenvalue weighted by molar-refractivity contribution is -0.387. The molecule has 0 aliphatic heterocycles. The average Bonchev–Trinajstić information content (AvgIpc) is 2.46. The first kappa shape index (κ1) is 15.5. The van der Waals surface area contributed by atoms with Crippen LogP contribution < -0.4 is 4.72 Å². The Morgan fingerprint density at radius 1 is 1.33 bits per heavy atom. The Kier molecular flexibility index (Phi) is 4.60. The van der Waals surface area contributed by atoms with Crippen molar-refractivity contribution in [2.45, 2.75) is 11.4 Å². The first-order chi connectivity index (χ1) is 9.90. The van der Waals surface area contributed by atoms with E-state index in [1.165, 1.54) is 30.7 Å². The molecule has 10 heteroatoms. The molecule has 0 saturated heterocycles. The number of nitro benzene ring substituents is 1. The monoisotopic (exact) mass is 372 g/mol. The third-order valence-corrected chi connectivity index (χ3v) is 4.42. The molecule has 1 heterocycles. The zero-order chi connectivity index (χ0) is 15.5. The van der Waals surface area contributed by atoms with Crippen LogP contribution in [0.4, 0.5) is 5.69 Å². The van der Waals surface area contributed by atoms with Gasteiger partial charge in [0.05, 0.1) is 17.2 Å². The van der Waals surface area contributed by atoms with Crippen molar-refractivity contribution in [2.24, 2.45) is 0 Å². The molecule has 1 aromatic heterocycles. The molecule has 0 aliphatic rings. The predicted molar refractivity (Wildman–Crippen MR) is 76.9 cm³/mol. The largest absolute Gasteiger partial charge is 0.289 e. The van der Waals surface area contributed by atoms with Crippen LogP contribution in [0, 0.1) is 10.1 Å². The van der Waals surface area contributed by atoms with Crippen molar-refractivity contribution in [3.63, 3.8) is 0 Å². The van der Waals surface area contributed by atoms with Gasteiger partial charge in [-0.15, -0.1) is 0 Å². The van der Waals surface area contributed by atoms with E-state index in [4.69, 9.17) is 0 Å². The van der Waals surface area contributed by atoms with E-state index < -0.39 is 25.5 Å². The number of nitrogens with zero attached hydrogens (tertiary/aromatic N) is 3. The number of benzene rings is 1. The second kappa shape index (κ2) is 6.24. The molecule has 2 rings (SSSR count). The number of hydrogen-bond acceptors (Lipinski definition) is 6. The molecule has 0 bridgehead atoms. The summed E-state index contributed by atoms with van der Waals surface area (Å²) in [5, 5.41) is 10.9. The number of nitrogens with one attached hydrogen (secondary N) is 1. The smallest absolute Gasteiger partial charge is 0.258 e. The SMILES string of the molecule is O=[N+]([O-])c1ccc(Br)cc1S(=O)(=O)NCc1ccncn1. The van der Waals surface area contributed by atoms with Gasteiger partial charge in [0.15, 0.2) is 4.90 Å².